The fourth-order valence-corrected chi connectivity index (χ4v) is 2.27. The lowest BCUT2D eigenvalue weighted by molar-refractivity contribution is -0.136. The molecule has 2 N–H and O–H groups in total. The van der Waals surface area contributed by atoms with Crippen LogP contribution in [0.4, 0.5) is 10.1 Å². The number of thiazole rings is 1. The lowest BCUT2D eigenvalue weighted by atomic mass is 10.2. The Bertz CT molecular complexity index is 689. The lowest BCUT2D eigenvalue weighted by Crippen LogP contribution is -2.35. The molecule has 0 fully saturated rings. The van der Waals surface area contributed by atoms with E-state index in [1.807, 2.05) is 0 Å². The second kappa shape index (κ2) is 7.68. The molecule has 2 rings (SSSR count). The third-order valence-electron chi connectivity index (χ3n) is 2.67. The molecule has 1 heterocycles. The van der Waals surface area contributed by atoms with Crippen LogP contribution >= 0.6 is 11.3 Å². The van der Waals surface area contributed by atoms with Crippen LogP contribution in [-0.2, 0) is 16.1 Å². The molecule has 8 heteroatoms. The molecule has 0 unspecified atom stereocenters. The molecular formula is C15H16FN3O3S. The van der Waals surface area contributed by atoms with E-state index in [-0.39, 0.29) is 18.3 Å². The van der Waals surface area contributed by atoms with Gasteiger partial charge in [-0.2, -0.15) is 0 Å². The summed E-state index contributed by atoms with van der Waals surface area (Å²) in [5.74, 6) is -1.99. The number of carbonyl (C=O) groups is 2. The van der Waals surface area contributed by atoms with Crippen LogP contribution in [0.2, 0.25) is 0 Å². The van der Waals surface area contributed by atoms with Gasteiger partial charge in [0.2, 0.25) is 0 Å². The van der Waals surface area contributed by atoms with Gasteiger partial charge in [0.15, 0.2) is 0 Å². The summed E-state index contributed by atoms with van der Waals surface area (Å²) in [6.07, 6.45) is -0.158. The highest BCUT2D eigenvalue weighted by Crippen LogP contribution is 2.26. The fourth-order valence-electron chi connectivity index (χ4n) is 1.71. The van der Waals surface area contributed by atoms with Gasteiger partial charge in [0.1, 0.15) is 11.6 Å². The molecule has 122 valence electrons. The second-order valence-corrected chi connectivity index (χ2v) is 5.64. The van der Waals surface area contributed by atoms with Gasteiger partial charge in [-0.3, -0.25) is 9.59 Å². The second-order valence-electron chi connectivity index (χ2n) is 4.92. The number of aromatic nitrogens is 1. The Labute approximate surface area is 136 Å². The monoisotopic (exact) mass is 337 g/mol. The molecule has 2 amide bonds. The first-order chi connectivity index (χ1) is 11.0. The standard InChI is InChI=1S/C15H16FN3O3S/c1-9(2)22-13-4-3-10(16)5-12(13)19-15(21)14(20)17-6-11-7-23-8-18-11/h3-5,7-9H,6H2,1-2H3,(H,17,20)(H,19,21). The SMILES string of the molecule is CC(C)Oc1ccc(F)cc1NC(=O)C(=O)NCc1cscn1. The van der Waals surface area contributed by atoms with Crippen molar-refractivity contribution in [1.29, 1.82) is 0 Å². The van der Waals surface area contributed by atoms with Gasteiger partial charge in [-0.1, -0.05) is 0 Å². The molecule has 23 heavy (non-hydrogen) atoms. The zero-order chi connectivity index (χ0) is 16.8. The zero-order valence-corrected chi connectivity index (χ0v) is 13.4. The molecule has 0 radical (unpaired) electrons. The average Bonchev–Trinajstić information content (AvgIpc) is 3.00. The van der Waals surface area contributed by atoms with Crippen molar-refractivity contribution in [3.8, 4) is 5.75 Å². The first kappa shape index (κ1) is 16.9. The lowest BCUT2D eigenvalue weighted by Gasteiger charge is -2.14. The quantitative estimate of drug-likeness (QED) is 0.821. The van der Waals surface area contributed by atoms with E-state index in [1.54, 1.807) is 24.7 Å². The molecule has 0 bridgehead atoms. The Hall–Kier alpha value is -2.48. The van der Waals surface area contributed by atoms with Crippen molar-refractivity contribution < 1.29 is 18.7 Å². The molecule has 6 nitrogen and oxygen atoms in total. The highest BCUT2D eigenvalue weighted by Gasteiger charge is 2.17. The molecule has 1 aromatic heterocycles. The van der Waals surface area contributed by atoms with Gasteiger partial charge in [-0.25, -0.2) is 9.37 Å². The molecular weight excluding hydrogens is 321 g/mol. The van der Waals surface area contributed by atoms with Crippen LogP contribution in [0, 0.1) is 5.82 Å². The topological polar surface area (TPSA) is 80.3 Å². The van der Waals surface area contributed by atoms with Crippen molar-refractivity contribution in [2.24, 2.45) is 0 Å². The maximum absolute atomic E-state index is 13.4. The van der Waals surface area contributed by atoms with E-state index < -0.39 is 17.6 Å². The third kappa shape index (κ3) is 5.03. The summed E-state index contributed by atoms with van der Waals surface area (Å²) >= 11 is 1.39. The van der Waals surface area contributed by atoms with Crippen LogP contribution in [0.25, 0.3) is 0 Å². The number of rotatable bonds is 5. The number of nitrogens with one attached hydrogen (secondary N) is 2. The van der Waals surface area contributed by atoms with Crippen molar-refractivity contribution in [2.45, 2.75) is 26.5 Å². The van der Waals surface area contributed by atoms with E-state index in [1.165, 1.54) is 23.5 Å². The Balaban J connectivity index is 2.01. The predicted octanol–water partition coefficient (Wildman–Crippen LogP) is 2.32. The van der Waals surface area contributed by atoms with Crippen molar-refractivity contribution in [3.63, 3.8) is 0 Å². The minimum absolute atomic E-state index is 0.104. The van der Waals surface area contributed by atoms with Crippen molar-refractivity contribution in [1.82, 2.24) is 10.3 Å². The van der Waals surface area contributed by atoms with Gasteiger partial charge < -0.3 is 15.4 Å². The van der Waals surface area contributed by atoms with E-state index in [0.717, 1.165) is 6.07 Å². The number of hydrogen-bond acceptors (Lipinski definition) is 5. The van der Waals surface area contributed by atoms with Gasteiger partial charge in [0.05, 0.1) is 29.5 Å². The Morgan fingerprint density at radius 3 is 2.78 bits per heavy atom. The molecule has 0 aliphatic carbocycles. The maximum Gasteiger partial charge on any atom is 0.313 e. The number of anilines is 1. The van der Waals surface area contributed by atoms with E-state index in [2.05, 4.69) is 15.6 Å². The smallest absolute Gasteiger partial charge is 0.313 e. The van der Waals surface area contributed by atoms with Crippen LogP contribution in [0.3, 0.4) is 0 Å². The number of benzene rings is 1. The summed E-state index contributed by atoms with van der Waals surface area (Å²) in [5, 5.41) is 6.55. The van der Waals surface area contributed by atoms with Gasteiger partial charge >= 0.3 is 11.8 Å². The van der Waals surface area contributed by atoms with Crippen LogP contribution in [0.1, 0.15) is 19.5 Å². The summed E-state index contributed by atoms with van der Waals surface area (Å²) in [6.45, 7) is 3.75. The van der Waals surface area contributed by atoms with E-state index in [9.17, 15) is 14.0 Å². The highest BCUT2D eigenvalue weighted by molar-refractivity contribution is 7.07. The van der Waals surface area contributed by atoms with Crippen LogP contribution in [0.15, 0.2) is 29.1 Å². The van der Waals surface area contributed by atoms with Gasteiger partial charge in [-0.15, -0.1) is 11.3 Å². The van der Waals surface area contributed by atoms with Crippen LogP contribution < -0.4 is 15.4 Å². The number of carbonyl (C=O) groups excluding carboxylic acids is 2. The van der Waals surface area contributed by atoms with E-state index >= 15 is 0 Å². The maximum atomic E-state index is 13.4. The number of hydrogen-bond donors (Lipinski definition) is 2. The van der Waals surface area contributed by atoms with Crippen LogP contribution in [0.5, 0.6) is 5.75 Å². The summed E-state index contributed by atoms with van der Waals surface area (Å²) < 4.78 is 18.8. The van der Waals surface area contributed by atoms with E-state index in [0.29, 0.717) is 11.4 Å². The Morgan fingerprint density at radius 2 is 2.13 bits per heavy atom. The van der Waals surface area contributed by atoms with Crippen molar-refractivity contribution >= 4 is 28.8 Å². The fraction of sp³-hybridized carbons (Fsp3) is 0.267. The summed E-state index contributed by atoms with van der Waals surface area (Å²) in [7, 11) is 0. The molecule has 0 aliphatic rings. The first-order valence-corrected chi connectivity index (χ1v) is 7.82. The zero-order valence-electron chi connectivity index (χ0n) is 12.6. The Morgan fingerprint density at radius 1 is 1.35 bits per heavy atom. The number of halogens is 1. The van der Waals surface area contributed by atoms with Crippen molar-refractivity contribution in [3.05, 3.63) is 40.6 Å². The largest absolute Gasteiger partial charge is 0.489 e. The minimum atomic E-state index is -0.903. The minimum Gasteiger partial charge on any atom is -0.489 e. The number of ether oxygens (including phenoxy) is 1. The molecule has 0 atom stereocenters. The number of amides is 2. The average molecular weight is 337 g/mol. The molecule has 1 aromatic carbocycles. The Kier molecular flexibility index (Phi) is 5.64. The first-order valence-electron chi connectivity index (χ1n) is 6.88. The molecule has 2 aromatic rings. The molecule has 0 aliphatic heterocycles. The molecule has 0 saturated carbocycles. The van der Waals surface area contributed by atoms with Crippen LogP contribution in [-0.4, -0.2) is 22.9 Å². The van der Waals surface area contributed by atoms with Gasteiger partial charge in [0.25, 0.3) is 0 Å². The van der Waals surface area contributed by atoms with E-state index in [4.69, 9.17) is 4.74 Å². The number of nitrogens with zero attached hydrogens (tertiary/aromatic N) is 1. The normalized spacial score (nSPS) is 10.4. The summed E-state index contributed by atoms with van der Waals surface area (Å²) in [4.78, 5) is 27.7. The van der Waals surface area contributed by atoms with Crippen molar-refractivity contribution in [2.75, 3.05) is 5.32 Å². The summed E-state index contributed by atoms with van der Waals surface area (Å²) in [6, 6.07) is 3.72. The highest BCUT2D eigenvalue weighted by atomic mass is 32.1. The predicted molar refractivity (Wildman–Crippen MR) is 84.8 cm³/mol. The summed E-state index contributed by atoms with van der Waals surface area (Å²) in [5.41, 5.74) is 2.39. The molecule has 0 spiro atoms. The molecule has 0 saturated heterocycles. The van der Waals surface area contributed by atoms with Gasteiger partial charge in [-0.05, 0) is 26.0 Å². The van der Waals surface area contributed by atoms with Gasteiger partial charge in [0, 0.05) is 11.4 Å². The third-order valence-corrected chi connectivity index (χ3v) is 3.31.